The van der Waals surface area contributed by atoms with Gasteiger partial charge in [-0.25, -0.2) is 9.48 Å². The summed E-state index contributed by atoms with van der Waals surface area (Å²) in [5.41, 5.74) is -0.0850. The molecule has 1 amide bonds. The standard InChI is InChI=1S/C14H24N4O3/c1-6-7-8-17(5)10(19)9-18-12(14(2,3)4)11(13(20)21)15-16-18/h6-9H2,1-5H3,(H,20,21). The van der Waals surface area contributed by atoms with E-state index >= 15 is 0 Å². The van der Waals surface area contributed by atoms with Crippen LogP contribution in [0.2, 0.25) is 0 Å². The highest BCUT2D eigenvalue weighted by molar-refractivity contribution is 5.87. The Morgan fingerprint density at radius 2 is 1.95 bits per heavy atom. The van der Waals surface area contributed by atoms with Crippen LogP contribution in [0, 0.1) is 0 Å². The third-order valence-corrected chi connectivity index (χ3v) is 3.21. The highest BCUT2D eigenvalue weighted by Crippen LogP contribution is 2.24. The Kier molecular flexibility index (Phi) is 5.46. The summed E-state index contributed by atoms with van der Waals surface area (Å²) in [6.45, 7) is 8.38. The smallest absolute Gasteiger partial charge is 0.358 e. The van der Waals surface area contributed by atoms with E-state index in [1.54, 1.807) is 11.9 Å². The number of unbranched alkanes of at least 4 members (excludes halogenated alkanes) is 1. The summed E-state index contributed by atoms with van der Waals surface area (Å²) in [5.74, 6) is -1.23. The lowest BCUT2D eigenvalue weighted by atomic mass is 9.90. The second-order valence-electron chi connectivity index (χ2n) is 6.17. The second-order valence-corrected chi connectivity index (χ2v) is 6.17. The van der Waals surface area contributed by atoms with Crippen molar-refractivity contribution in [2.24, 2.45) is 0 Å². The lowest BCUT2D eigenvalue weighted by Crippen LogP contribution is -2.33. The molecule has 7 heteroatoms. The Bertz CT molecular complexity index is 517. The van der Waals surface area contributed by atoms with Crippen LogP contribution in [0.4, 0.5) is 0 Å². The minimum Gasteiger partial charge on any atom is -0.476 e. The molecule has 0 unspecified atom stereocenters. The number of carbonyl (C=O) groups excluding carboxylic acids is 1. The quantitative estimate of drug-likeness (QED) is 0.860. The lowest BCUT2D eigenvalue weighted by Gasteiger charge is -2.22. The molecule has 0 saturated carbocycles. The van der Waals surface area contributed by atoms with Crippen LogP contribution in [0.5, 0.6) is 0 Å². The van der Waals surface area contributed by atoms with E-state index in [1.807, 2.05) is 20.8 Å². The molecule has 0 aliphatic carbocycles. The number of hydrogen-bond donors (Lipinski definition) is 1. The zero-order valence-electron chi connectivity index (χ0n) is 13.4. The zero-order valence-corrected chi connectivity index (χ0v) is 13.4. The van der Waals surface area contributed by atoms with Crippen molar-refractivity contribution in [3.63, 3.8) is 0 Å². The van der Waals surface area contributed by atoms with Gasteiger partial charge in [-0.05, 0) is 6.42 Å². The number of carbonyl (C=O) groups is 2. The lowest BCUT2D eigenvalue weighted by molar-refractivity contribution is -0.130. The van der Waals surface area contributed by atoms with Gasteiger partial charge in [0.25, 0.3) is 0 Å². The van der Waals surface area contributed by atoms with Crippen molar-refractivity contribution in [2.75, 3.05) is 13.6 Å². The van der Waals surface area contributed by atoms with Crippen LogP contribution in [-0.2, 0) is 16.8 Å². The van der Waals surface area contributed by atoms with Crippen molar-refractivity contribution in [2.45, 2.75) is 52.5 Å². The maximum atomic E-state index is 12.2. The summed E-state index contributed by atoms with van der Waals surface area (Å²) in [6, 6.07) is 0. The number of carboxylic acid groups (broad SMARTS) is 1. The Hall–Kier alpha value is -1.92. The average molecular weight is 296 g/mol. The van der Waals surface area contributed by atoms with Crippen molar-refractivity contribution >= 4 is 11.9 Å². The molecule has 0 saturated heterocycles. The molecule has 0 aliphatic rings. The Labute approximate surface area is 124 Å². The number of likely N-dealkylation sites (N-methyl/N-ethyl adjacent to an activating group) is 1. The van der Waals surface area contributed by atoms with Crippen molar-refractivity contribution in [3.05, 3.63) is 11.4 Å². The molecule has 0 radical (unpaired) electrons. The predicted molar refractivity (Wildman–Crippen MR) is 78.2 cm³/mol. The van der Waals surface area contributed by atoms with E-state index in [1.165, 1.54) is 4.68 Å². The number of carboxylic acids is 1. The summed E-state index contributed by atoms with van der Waals surface area (Å²) < 4.78 is 1.40. The highest BCUT2D eigenvalue weighted by atomic mass is 16.4. The van der Waals surface area contributed by atoms with E-state index in [9.17, 15) is 14.7 Å². The molecule has 1 N–H and O–H groups in total. The molecule has 21 heavy (non-hydrogen) atoms. The summed E-state index contributed by atoms with van der Waals surface area (Å²) in [6.07, 6.45) is 1.95. The van der Waals surface area contributed by atoms with Gasteiger partial charge in [0.2, 0.25) is 5.91 Å². The van der Waals surface area contributed by atoms with E-state index in [0.29, 0.717) is 12.2 Å². The Balaban J connectivity index is 2.99. The third-order valence-electron chi connectivity index (χ3n) is 3.21. The van der Waals surface area contributed by atoms with Crippen LogP contribution in [0.25, 0.3) is 0 Å². The van der Waals surface area contributed by atoms with Gasteiger partial charge in [0.05, 0.1) is 5.69 Å². The van der Waals surface area contributed by atoms with Gasteiger partial charge in [-0.15, -0.1) is 5.10 Å². The highest BCUT2D eigenvalue weighted by Gasteiger charge is 2.29. The molecule has 0 aliphatic heterocycles. The normalized spacial score (nSPS) is 11.5. The van der Waals surface area contributed by atoms with Crippen LogP contribution in [0.15, 0.2) is 0 Å². The maximum absolute atomic E-state index is 12.2. The second kappa shape index (κ2) is 6.69. The van der Waals surface area contributed by atoms with Crippen LogP contribution in [-0.4, -0.2) is 50.5 Å². The minimum atomic E-state index is -1.13. The van der Waals surface area contributed by atoms with Gasteiger partial charge in [-0.1, -0.05) is 39.3 Å². The molecule has 1 rings (SSSR count). The van der Waals surface area contributed by atoms with E-state index in [-0.39, 0.29) is 18.1 Å². The number of aromatic nitrogens is 3. The molecule has 0 fully saturated rings. The van der Waals surface area contributed by atoms with Crippen molar-refractivity contribution in [1.82, 2.24) is 19.9 Å². The number of amides is 1. The number of nitrogens with zero attached hydrogens (tertiary/aromatic N) is 4. The molecule has 7 nitrogen and oxygen atoms in total. The van der Waals surface area contributed by atoms with Gasteiger partial charge in [-0.2, -0.15) is 0 Å². The molecule has 0 bridgehead atoms. The summed E-state index contributed by atoms with van der Waals surface area (Å²) in [7, 11) is 1.74. The topological polar surface area (TPSA) is 88.3 Å². The number of aromatic carboxylic acids is 1. The van der Waals surface area contributed by atoms with Crippen molar-refractivity contribution in [1.29, 1.82) is 0 Å². The zero-order chi connectivity index (χ0) is 16.2. The van der Waals surface area contributed by atoms with E-state index in [2.05, 4.69) is 17.2 Å². The summed E-state index contributed by atoms with van der Waals surface area (Å²) >= 11 is 0. The van der Waals surface area contributed by atoms with E-state index < -0.39 is 11.4 Å². The molecule has 118 valence electrons. The number of hydrogen-bond acceptors (Lipinski definition) is 4. The minimum absolute atomic E-state index is 0.00704. The van der Waals surface area contributed by atoms with E-state index in [0.717, 1.165) is 12.8 Å². The van der Waals surface area contributed by atoms with Gasteiger partial charge in [-0.3, -0.25) is 4.79 Å². The molecule has 1 aromatic rings. The summed E-state index contributed by atoms with van der Waals surface area (Å²) in [4.78, 5) is 25.0. The fourth-order valence-electron chi connectivity index (χ4n) is 2.08. The fraction of sp³-hybridized carbons (Fsp3) is 0.714. The first-order valence-electron chi connectivity index (χ1n) is 7.09. The third kappa shape index (κ3) is 4.27. The van der Waals surface area contributed by atoms with Crippen molar-refractivity contribution in [3.8, 4) is 0 Å². The SMILES string of the molecule is CCCCN(C)C(=O)Cn1nnc(C(=O)O)c1C(C)(C)C. The van der Waals surface area contributed by atoms with Gasteiger partial charge < -0.3 is 10.0 Å². The van der Waals surface area contributed by atoms with E-state index in [4.69, 9.17) is 0 Å². The van der Waals surface area contributed by atoms with Gasteiger partial charge in [0, 0.05) is 19.0 Å². The largest absolute Gasteiger partial charge is 0.476 e. The molecular weight excluding hydrogens is 272 g/mol. The Morgan fingerprint density at radius 3 is 2.43 bits per heavy atom. The maximum Gasteiger partial charge on any atom is 0.358 e. The Morgan fingerprint density at radius 1 is 1.33 bits per heavy atom. The monoisotopic (exact) mass is 296 g/mol. The molecule has 0 atom stereocenters. The number of rotatable bonds is 6. The van der Waals surface area contributed by atoms with Gasteiger partial charge in [0.1, 0.15) is 6.54 Å². The molecule has 1 heterocycles. The molecule has 0 aromatic carbocycles. The molecule has 0 spiro atoms. The first-order valence-corrected chi connectivity index (χ1v) is 7.09. The van der Waals surface area contributed by atoms with Crippen molar-refractivity contribution < 1.29 is 14.7 Å². The average Bonchev–Trinajstić information content (AvgIpc) is 2.79. The van der Waals surface area contributed by atoms with Crippen LogP contribution < -0.4 is 0 Å². The van der Waals surface area contributed by atoms with Crippen LogP contribution in [0.1, 0.15) is 56.7 Å². The summed E-state index contributed by atoms with van der Waals surface area (Å²) in [5, 5.41) is 16.7. The van der Waals surface area contributed by atoms with Crippen LogP contribution >= 0.6 is 0 Å². The van der Waals surface area contributed by atoms with Crippen LogP contribution in [0.3, 0.4) is 0 Å². The first-order chi connectivity index (χ1) is 9.68. The fourth-order valence-corrected chi connectivity index (χ4v) is 2.08. The van der Waals surface area contributed by atoms with Gasteiger partial charge >= 0.3 is 5.97 Å². The first kappa shape index (κ1) is 17.1. The van der Waals surface area contributed by atoms with Gasteiger partial charge in [0.15, 0.2) is 5.69 Å². The molecular formula is C14H24N4O3. The molecule has 1 aromatic heterocycles. The predicted octanol–water partition coefficient (Wildman–Crippen LogP) is 1.53.